The van der Waals surface area contributed by atoms with Gasteiger partial charge in [-0.1, -0.05) is 41.9 Å². The summed E-state index contributed by atoms with van der Waals surface area (Å²) in [5.41, 5.74) is 0.942. The number of halogens is 3. The summed E-state index contributed by atoms with van der Waals surface area (Å²) < 4.78 is -0.760. The summed E-state index contributed by atoms with van der Waals surface area (Å²) in [5.74, 6) is 0. The van der Waals surface area contributed by atoms with Crippen LogP contribution in [0.25, 0.3) is 10.8 Å². The van der Waals surface area contributed by atoms with Gasteiger partial charge >= 0.3 is 0 Å². The van der Waals surface area contributed by atoms with Gasteiger partial charge in [-0.15, -0.1) is 23.2 Å². The zero-order valence-electron chi connectivity index (χ0n) is 8.10. The zero-order valence-corrected chi connectivity index (χ0v) is 12.4. The van der Waals surface area contributed by atoms with Crippen molar-refractivity contribution in [3.63, 3.8) is 0 Å². The third kappa shape index (κ3) is 2.16. The molecule has 0 unspecified atom stereocenters. The fourth-order valence-electron chi connectivity index (χ4n) is 1.65. The van der Waals surface area contributed by atoms with Gasteiger partial charge in [0, 0.05) is 10.4 Å². The van der Waals surface area contributed by atoms with Gasteiger partial charge in [0.25, 0.3) is 0 Å². The van der Waals surface area contributed by atoms with Crippen molar-refractivity contribution in [1.29, 1.82) is 0 Å². The standard InChI is InChI=1S/C11H9Cl3Si/c12-10-6-5-9(11(13,14)15)7-3-1-2-4-8(7)10/h1-6H,15H3. The Kier molecular flexibility index (Phi) is 3.00. The van der Waals surface area contributed by atoms with E-state index in [1.54, 1.807) is 0 Å². The number of fused-ring (bicyclic) bond motifs is 1. The molecule has 0 saturated carbocycles. The molecule has 0 heterocycles. The summed E-state index contributed by atoms with van der Waals surface area (Å²) in [6.45, 7) is 0. The van der Waals surface area contributed by atoms with E-state index >= 15 is 0 Å². The maximum Gasteiger partial charge on any atom is 0.121 e. The van der Waals surface area contributed by atoms with Crippen LogP contribution < -0.4 is 0 Å². The maximum atomic E-state index is 6.17. The molecule has 2 aromatic carbocycles. The molecular weight excluding hydrogens is 267 g/mol. The summed E-state index contributed by atoms with van der Waals surface area (Å²) >= 11 is 18.5. The third-order valence-corrected chi connectivity index (χ3v) is 3.62. The van der Waals surface area contributed by atoms with Crippen molar-refractivity contribution in [2.75, 3.05) is 0 Å². The summed E-state index contributed by atoms with van der Waals surface area (Å²) in [7, 11) is 0.671. The van der Waals surface area contributed by atoms with E-state index in [4.69, 9.17) is 34.8 Å². The largest absolute Gasteiger partial charge is 0.121 e. The van der Waals surface area contributed by atoms with E-state index in [0.717, 1.165) is 21.4 Å². The quantitative estimate of drug-likeness (QED) is 0.552. The van der Waals surface area contributed by atoms with Crippen LogP contribution >= 0.6 is 34.8 Å². The Labute approximate surface area is 107 Å². The molecule has 4 heteroatoms. The molecular formula is C11H9Cl3Si. The van der Waals surface area contributed by atoms with Gasteiger partial charge in [-0.3, -0.25) is 0 Å². The Bertz CT molecular complexity index is 503. The van der Waals surface area contributed by atoms with Gasteiger partial charge in [0.1, 0.15) is 3.96 Å². The lowest BCUT2D eigenvalue weighted by Crippen LogP contribution is -2.09. The van der Waals surface area contributed by atoms with Crippen LogP contribution in [0, 0.1) is 0 Å². The summed E-state index contributed by atoms with van der Waals surface area (Å²) in [6, 6.07) is 11.6. The Hall–Kier alpha value is -0.213. The fraction of sp³-hybridized carbons (Fsp3) is 0.0909. The Morgan fingerprint density at radius 1 is 0.933 bits per heavy atom. The average molecular weight is 276 g/mol. The minimum atomic E-state index is -0.760. The highest BCUT2D eigenvalue weighted by molar-refractivity contribution is 6.64. The van der Waals surface area contributed by atoms with Crippen LogP contribution in [0.1, 0.15) is 5.56 Å². The van der Waals surface area contributed by atoms with Crippen molar-refractivity contribution in [1.82, 2.24) is 0 Å². The van der Waals surface area contributed by atoms with E-state index in [9.17, 15) is 0 Å². The Morgan fingerprint density at radius 2 is 1.53 bits per heavy atom. The third-order valence-electron chi connectivity index (χ3n) is 2.34. The van der Waals surface area contributed by atoms with Gasteiger partial charge in [-0.05, 0) is 17.0 Å². The molecule has 2 rings (SSSR count). The SMILES string of the molecule is [SiH3]C(Cl)(Cl)c1ccc(Cl)c2ccccc12. The lowest BCUT2D eigenvalue weighted by atomic mass is 10.1. The van der Waals surface area contributed by atoms with Crippen molar-refractivity contribution in [3.8, 4) is 0 Å². The van der Waals surface area contributed by atoms with Crippen LogP contribution in [-0.2, 0) is 3.96 Å². The minimum absolute atomic E-state index is 0.671. The van der Waals surface area contributed by atoms with Gasteiger partial charge < -0.3 is 0 Å². The zero-order chi connectivity index (χ0) is 11.1. The van der Waals surface area contributed by atoms with Gasteiger partial charge in [-0.25, -0.2) is 0 Å². The highest BCUT2D eigenvalue weighted by Gasteiger charge is 2.22. The van der Waals surface area contributed by atoms with Crippen LogP contribution in [0.15, 0.2) is 36.4 Å². The summed E-state index contributed by atoms with van der Waals surface area (Å²) in [6.07, 6.45) is 0. The van der Waals surface area contributed by atoms with Crippen molar-refractivity contribution in [3.05, 3.63) is 47.0 Å². The number of benzene rings is 2. The fourth-order valence-corrected chi connectivity index (χ4v) is 2.64. The Balaban J connectivity index is 2.84. The van der Waals surface area contributed by atoms with Crippen LogP contribution in [0.4, 0.5) is 0 Å². The molecule has 0 aromatic heterocycles. The van der Waals surface area contributed by atoms with Crippen molar-refractivity contribution >= 4 is 55.8 Å². The molecule has 0 aliphatic rings. The highest BCUT2D eigenvalue weighted by atomic mass is 35.5. The summed E-state index contributed by atoms with van der Waals surface area (Å²) in [5, 5.41) is 2.76. The number of hydrogen-bond donors (Lipinski definition) is 0. The maximum absolute atomic E-state index is 6.17. The molecule has 15 heavy (non-hydrogen) atoms. The van der Waals surface area contributed by atoms with Gasteiger partial charge in [0.2, 0.25) is 0 Å². The molecule has 0 aliphatic heterocycles. The predicted octanol–water partition coefficient (Wildman–Crippen LogP) is 3.45. The molecule has 0 bridgehead atoms. The van der Waals surface area contributed by atoms with Crippen LogP contribution in [0.2, 0.25) is 5.02 Å². The van der Waals surface area contributed by atoms with E-state index in [1.807, 2.05) is 36.4 Å². The van der Waals surface area contributed by atoms with E-state index in [2.05, 4.69) is 0 Å². The smallest absolute Gasteiger partial charge is 0.102 e. The molecule has 0 aliphatic carbocycles. The first kappa shape index (κ1) is 11.3. The number of hydrogen-bond acceptors (Lipinski definition) is 0. The first-order valence-electron chi connectivity index (χ1n) is 4.55. The van der Waals surface area contributed by atoms with E-state index in [0.29, 0.717) is 10.2 Å². The molecule has 0 amide bonds. The van der Waals surface area contributed by atoms with Gasteiger partial charge in [0.15, 0.2) is 0 Å². The Morgan fingerprint density at radius 3 is 2.13 bits per heavy atom. The predicted molar refractivity (Wildman–Crippen MR) is 72.3 cm³/mol. The highest BCUT2D eigenvalue weighted by Crippen LogP contribution is 2.37. The lowest BCUT2D eigenvalue weighted by molar-refractivity contribution is 1.27. The molecule has 0 atom stereocenters. The lowest BCUT2D eigenvalue weighted by Gasteiger charge is -2.17. The summed E-state index contributed by atoms with van der Waals surface area (Å²) in [4.78, 5) is 0. The molecule has 0 saturated heterocycles. The normalized spacial score (nSPS) is 12.2. The minimum Gasteiger partial charge on any atom is -0.102 e. The van der Waals surface area contributed by atoms with Crippen LogP contribution in [-0.4, -0.2) is 10.2 Å². The molecule has 0 radical (unpaired) electrons. The monoisotopic (exact) mass is 274 g/mol. The first-order chi connectivity index (χ1) is 7.00. The molecule has 0 nitrogen and oxygen atoms in total. The molecule has 0 fully saturated rings. The first-order valence-corrected chi connectivity index (χ1v) is 6.69. The number of alkyl halides is 2. The number of rotatable bonds is 1. The topological polar surface area (TPSA) is 0 Å². The van der Waals surface area contributed by atoms with Gasteiger partial charge in [-0.2, -0.15) is 0 Å². The van der Waals surface area contributed by atoms with Crippen molar-refractivity contribution in [2.45, 2.75) is 3.96 Å². The molecule has 2 aromatic rings. The van der Waals surface area contributed by atoms with E-state index in [1.165, 1.54) is 0 Å². The second kappa shape index (κ2) is 3.98. The second-order valence-electron chi connectivity index (χ2n) is 3.53. The van der Waals surface area contributed by atoms with E-state index in [-0.39, 0.29) is 0 Å². The van der Waals surface area contributed by atoms with E-state index < -0.39 is 3.96 Å². The van der Waals surface area contributed by atoms with Crippen molar-refractivity contribution < 1.29 is 0 Å². The second-order valence-corrected chi connectivity index (χ2v) is 8.41. The van der Waals surface area contributed by atoms with Crippen LogP contribution in [0.3, 0.4) is 0 Å². The van der Waals surface area contributed by atoms with Crippen LogP contribution in [0.5, 0.6) is 0 Å². The average Bonchev–Trinajstić information content (AvgIpc) is 2.17. The molecule has 0 spiro atoms. The molecule has 78 valence electrons. The van der Waals surface area contributed by atoms with Crippen molar-refractivity contribution in [2.24, 2.45) is 0 Å². The molecule has 0 N–H and O–H groups in total. The van der Waals surface area contributed by atoms with Gasteiger partial charge in [0.05, 0.1) is 10.2 Å².